The van der Waals surface area contributed by atoms with Gasteiger partial charge in [0.15, 0.2) is 11.5 Å². The van der Waals surface area contributed by atoms with Crippen LogP contribution in [0.15, 0.2) is 60.7 Å². The Bertz CT molecular complexity index is 1190. The van der Waals surface area contributed by atoms with Gasteiger partial charge < -0.3 is 14.4 Å². The van der Waals surface area contributed by atoms with Gasteiger partial charge in [-0.1, -0.05) is 42.5 Å². The number of sulfonamides is 1. The lowest BCUT2D eigenvalue weighted by molar-refractivity contribution is -0.128. The van der Waals surface area contributed by atoms with Crippen LogP contribution in [0, 0.1) is 0 Å². The van der Waals surface area contributed by atoms with Crippen molar-refractivity contribution in [2.24, 2.45) is 0 Å². The van der Waals surface area contributed by atoms with E-state index in [1.807, 2.05) is 36.4 Å². The molecule has 0 saturated carbocycles. The average molecular weight is 443 g/mol. The summed E-state index contributed by atoms with van der Waals surface area (Å²) in [6.07, 6.45) is 1.11. The summed E-state index contributed by atoms with van der Waals surface area (Å²) in [7, 11) is 1.06. The first-order valence-electron chi connectivity index (χ1n) is 9.65. The summed E-state index contributed by atoms with van der Waals surface area (Å²) in [4.78, 5) is 14.4. The van der Waals surface area contributed by atoms with E-state index in [1.54, 1.807) is 45.5 Å². The molecule has 0 radical (unpaired) electrons. The molecule has 0 saturated heterocycles. The first kappa shape index (κ1) is 22.4. The van der Waals surface area contributed by atoms with Gasteiger partial charge in [-0.3, -0.25) is 9.10 Å². The fraction of sp³-hybridized carbons (Fsp3) is 0.261. The van der Waals surface area contributed by atoms with E-state index in [0.717, 1.165) is 26.9 Å². The van der Waals surface area contributed by atoms with Gasteiger partial charge in [-0.25, -0.2) is 8.42 Å². The van der Waals surface area contributed by atoms with E-state index in [2.05, 4.69) is 0 Å². The van der Waals surface area contributed by atoms with Crippen LogP contribution >= 0.6 is 0 Å². The number of rotatable bonds is 8. The molecular weight excluding hydrogens is 416 g/mol. The fourth-order valence-electron chi connectivity index (χ4n) is 3.39. The van der Waals surface area contributed by atoms with E-state index in [0.29, 0.717) is 23.7 Å². The number of methoxy groups -OCH3 is 2. The molecule has 7 nitrogen and oxygen atoms in total. The SMILES string of the molecule is COc1ccc(CN(C)C(=O)CN(c2cccc3ccccc23)S(C)(=O)=O)cc1OC. The summed E-state index contributed by atoms with van der Waals surface area (Å²) in [6, 6.07) is 18.3. The van der Waals surface area contributed by atoms with Crippen LogP contribution < -0.4 is 13.8 Å². The molecule has 0 bridgehead atoms. The molecule has 3 rings (SSSR count). The summed E-state index contributed by atoms with van der Waals surface area (Å²) in [5, 5.41) is 1.67. The quantitative estimate of drug-likeness (QED) is 0.535. The molecular formula is C23H26N2O5S. The monoisotopic (exact) mass is 442 g/mol. The molecule has 0 aliphatic carbocycles. The molecule has 0 aliphatic heterocycles. The number of hydrogen-bond acceptors (Lipinski definition) is 5. The van der Waals surface area contributed by atoms with E-state index >= 15 is 0 Å². The molecule has 0 spiro atoms. The van der Waals surface area contributed by atoms with Gasteiger partial charge >= 0.3 is 0 Å². The highest BCUT2D eigenvalue weighted by atomic mass is 32.2. The van der Waals surface area contributed by atoms with Gasteiger partial charge in [0.1, 0.15) is 6.54 Å². The van der Waals surface area contributed by atoms with Crippen molar-refractivity contribution in [1.29, 1.82) is 0 Å². The first-order chi connectivity index (χ1) is 14.7. The zero-order chi connectivity index (χ0) is 22.6. The molecule has 0 atom stereocenters. The zero-order valence-corrected chi connectivity index (χ0v) is 18.8. The maximum absolute atomic E-state index is 13.0. The van der Waals surface area contributed by atoms with Crippen molar-refractivity contribution in [3.8, 4) is 11.5 Å². The molecule has 3 aromatic rings. The van der Waals surface area contributed by atoms with Crippen LogP contribution in [0.3, 0.4) is 0 Å². The van der Waals surface area contributed by atoms with Crippen molar-refractivity contribution < 1.29 is 22.7 Å². The van der Waals surface area contributed by atoms with Crippen LogP contribution in [0.5, 0.6) is 11.5 Å². The highest BCUT2D eigenvalue weighted by molar-refractivity contribution is 7.92. The number of carbonyl (C=O) groups is 1. The molecule has 164 valence electrons. The third-order valence-corrected chi connectivity index (χ3v) is 6.13. The van der Waals surface area contributed by atoms with Crippen molar-refractivity contribution in [3.05, 3.63) is 66.2 Å². The Morgan fingerprint density at radius 2 is 1.61 bits per heavy atom. The summed E-state index contributed by atoms with van der Waals surface area (Å²) in [5.41, 5.74) is 1.32. The molecule has 8 heteroatoms. The van der Waals surface area contributed by atoms with Crippen LogP contribution in [-0.2, 0) is 21.4 Å². The lowest BCUT2D eigenvalue weighted by Gasteiger charge is -2.26. The number of amides is 1. The molecule has 0 N–H and O–H groups in total. The largest absolute Gasteiger partial charge is 0.493 e. The Morgan fingerprint density at radius 1 is 0.935 bits per heavy atom. The number of hydrogen-bond donors (Lipinski definition) is 0. The van der Waals surface area contributed by atoms with Crippen LogP contribution in [0.25, 0.3) is 10.8 Å². The van der Waals surface area contributed by atoms with Gasteiger partial charge in [0.25, 0.3) is 0 Å². The van der Waals surface area contributed by atoms with Crippen molar-refractivity contribution in [3.63, 3.8) is 0 Å². The fourth-order valence-corrected chi connectivity index (χ4v) is 4.25. The molecule has 1 amide bonds. The predicted molar refractivity (Wildman–Crippen MR) is 122 cm³/mol. The van der Waals surface area contributed by atoms with E-state index in [9.17, 15) is 13.2 Å². The summed E-state index contributed by atoms with van der Waals surface area (Å²) in [5.74, 6) is 0.835. The van der Waals surface area contributed by atoms with Crippen LogP contribution in [0.2, 0.25) is 0 Å². The number of carbonyl (C=O) groups excluding carboxylic acids is 1. The number of anilines is 1. The molecule has 31 heavy (non-hydrogen) atoms. The van der Waals surface area contributed by atoms with Crippen LogP contribution in [0.4, 0.5) is 5.69 Å². The topological polar surface area (TPSA) is 76.2 Å². The minimum atomic E-state index is -3.68. The number of fused-ring (bicyclic) bond motifs is 1. The number of benzene rings is 3. The normalized spacial score (nSPS) is 11.2. The molecule has 0 aliphatic rings. The van der Waals surface area contributed by atoms with Gasteiger partial charge in [-0.05, 0) is 29.1 Å². The number of likely N-dealkylation sites (N-methyl/N-ethyl adjacent to an activating group) is 1. The Labute approximate surface area is 182 Å². The molecule has 0 unspecified atom stereocenters. The highest BCUT2D eigenvalue weighted by Gasteiger charge is 2.24. The third-order valence-electron chi connectivity index (χ3n) is 5.01. The van der Waals surface area contributed by atoms with Crippen LogP contribution in [-0.4, -0.2) is 53.3 Å². The van der Waals surface area contributed by atoms with Gasteiger partial charge in [-0.15, -0.1) is 0 Å². The second-order valence-corrected chi connectivity index (χ2v) is 9.11. The average Bonchev–Trinajstić information content (AvgIpc) is 2.76. The minimum absolute atomic E-state index is 0.295. The summed E-state index contributed by atoms with van der Waals surface area (Å²) in [6.45, 7) is 0.00293. The zero-order valence-electron chi connectivity index (χ0n) is 18.0. The lowest BCUT2D eigenvalue weighted by Crippen LogP contribution is -2.41. The molecule has 0 aromatic heterocycles. The minimum Gasteiger partial charge on any atom is -0.493 e. The second-order valence-electron chi connectivity index (χ2n) is 7.21. The second kappa shape index (κ2) is 9.26. The van der Waals surface area contributed by atoms with Gasteiger partial charge in [-0.2, -0.15) is 0 Å². The van der Waals surface area contributed by atoms with Gasteiger partial charge in [0.2, 0.25) is 15.9 Å². The van der Waals surface area contributed by atoms with E-state index < -0.39 is 10.0 Å². The van der Waals surface area contributed by atoms with Crippen molar-refractivity contribution >= 4 is 32.4 Å². The Balaban J connectivity index is 1.85. The van der Waals surface area contributed by atoms with Crippen LogP contribution in [0.1, 0.15) is 5.56 Å². The number of nitrogens with zero attached hydrogens (tertiary/aromatic N) is 2. The Kier molecular flexibility index (Phi) is 6.70. The molecule has 0 fully saturated rings. The van der Waals surface area contributed by atoms with E-state index in [1.165, 1.54) is 4.90 Å². The van der Waals surface area contributed by atoms with E-state index in [-0.39, 0.29) is 12.5 Å². The predicted octanol–water partition coefficient (Wildman–Crippen LogP) is 3.28. The summed E-state index contributed by atoms with van der Waals surface area (Å²) >= 11 is 0. The van der Waals surface area contributed by atoms with Crippen molar-refractivity contribution in [2.75, 3.05) is 38.4 Å². The maximum atomic E-state index is 13.0. The smallest absolute Gasteiger partial charge is 0.243 e. The molecule has 3 aromatic carbocycles. The molecule has 0 heterocycles. The standard InChI is InChI=1S/C23H26N2O5S/c1-24(15-17-12-13-21(29-2)22(14-17)30-3)23(26)16-25(31(4,27)28)20-11-7-9-18-8-5-6-10-19(18)20/h5-14H,15-16H2,1-4H3. The Hall–Kier alpha value is -3.26. The lowest BCUT2D eigenvalue weighted by atomic mass is 10.1. The van der Waals surface area contributed by atoms with Crippen molar-refractivity contribution in [2.45, 2.75) is 6.54 Å². The third kappa shape index (κ3) is 5.08. The first-order valence-corrected chi connectivity index (χ1v) is 11.5. The van der Waals surface area contributed by atoms with E-state index in [4.69, 9.17) is 9.47 Å². The highest BCUT2D eigenvalue weighted by Crippen LogP contribution is 2.29. The van der Waals surface area contributed by atoms with Gasteiger partial charge in [0, 0.05) is 19.0 Å². The van der Waals surface area contributed by atoms with Gasteiger partial charge in [0.05, 0.1) is 26.2 Å². The summed E-state index contributed by atoms with van der Waals surface area (Å²) < 4.78 is 36.8. The Morgan fingerprint density at radius 3 is 2.29 bits per heavy atom. The maximum Gasteiger partial charge on any atom is 0.243 e. The number of ether oxygens (including phenoxy) is 2. The van der Waals surface area contributed by atoms with Crippen molar-refractivity contribution in [1.82, 2.24) is 4.90 Å².